The molecule has 1 N–H and O–H groups in total. The van der Waals surface area contributed by atoms with Gasteiger partial charge in [-0.05, 0) is 62.4 Å². The Hall–Kier alpha value is -0.870. The largest absolute Gasteiger partial charge is 0.310 e. The maximum Gasteiger partial charge on any atom is 0.178 e. The Morgan fingerprint density at radius 2 is 1.95 bits per heavy atom. The van der Waals surface area contributed by atoms with E-state index < -0.39 is 9.84 Å². The molecule has 0 saturated heterocycles. The molecule has 2 rings (SSSR count). The molecule has 4 heteroatoms. The molecular formula is C15H23NO2S. The number of hydrogen-bond acceptors (Lipinski definition) is 3. The molecule has 106 valence electrons. The molecule has 19 heavy (non-hydrogen) atoms. The summed E-state index contributed by atoms with van der Waals surface area (Å²) in [7, 11) is -3.12. The Labute approximate surface area is 116 Å². The van der Waals surface area contributed by atoms with Crippen molar-refractivity contribution in [2.24, 2.45) is 0 Å². The lowest BCUT2D eigenvalue weighted by Gasteiger charge is -2.20. The van der Waals surface area contributed by atoms with Gasteiger partial charge in [-0.2, -0.15) is 0 Å². The van der Waals surface area contributed by atoms with Crippen molar-refractivity contribution >= 4 is 9.84 Å². The number of hydrogen-bond donors (Lipinski definition) is 1. The van der Waals surface area contributed by atoms with Crippen molar-refractivity contribution in [1.29, 1.82) is 0 Å². The Morgan fingerprint density at radius 3 is 2.63 bits per heavy atom. The van der Waals surface area contributed by atoms with Gasteiger partial charge in [-0.1, -0.05) is 13.0 Å². The second-order valence-electron chi connectivity index (χ2n) is 5.44. The maximum absolute atomic E-state index is 12.3. The van der Waals surface area contributed by atoms with E-state index in [-0.39, 0.29) is 11.8 Å². The first-order valence-electron chi connectivity index (χ1n) is 7.03. The second-order valence-corrected chi connectivity index (χ2v) is 7.52. The minimum atomic E-state index is -3.12. The molecule has 1 atom stereocenters. The van der Waals surface area contributed by atoms with Gasteiger partial charge >= 0.3 is 0 Å². The highest BCUT2D eigenvalue weighted by molar-refractivity contribution is 7.91. The summed E-state index contributed by atoms with van der Waals surface area (Å²) in [5.41, 5.74) is 3.19. The molecule has 1 aliphatic heterocycles. The molecule has 1 aromatic carbocycles. The number of benzene rings is 1. The SMILES string of the molecule is CCCNC1CCCS(=O)(=O)c2cc(C)c(C)cc21. The van der Waals surface area contributed by atoms with Gasteiger partial charge in [-0.3, -0.25) is 0 Å². The van der Waals surface area contributed by atoms with Gasteiger partial charge < -0.3 is 5.32 Å². The van der Waals surface area contributed by atoms with Gasteiger partial charge in [-0.25, -0.2) is 8.42 Å². The van der Waals surface area contributed by atoms with Gasteiger partial charge in [0.25, 0.3) is 0 Å². The number of fused-ring (bicyclic) bond motifs is 1. The number of nitrogens with one attached hydrogen (secondary N) is 1. The molecule has 1 aromatic rings. The quantitative estimate of drug-likeness (QED) is 0.926. The molecule has 0 spiro atoms. The van der Waals surface area contributed by atoms with Gasteiger partial charge in [0.1, 0.15) is 0 Å². The van der Waals surface area contributed by atoms with Crippen molar-refractivity contribution in [2.75, 3.05) is 12.3 Å². The third kappa shape index (κ3) is 3.00. The van der Waals surface area contributed by atoms with E-state index in [4.69, 9.17) is 0 Å². The number of rotatable bonds is 3. The van der Waals surface area contributed by atoms with Crippen LogP contribution in [0.15, 0.2) is 17.0 Å². The highest BCUT2D eigenvalue weighted by atomic mass is 32.2. The molecule has 1 aliphatic rings. The minimum Gasteiger partial charge on any atom is -0.310 e. The fourth-order valence-electron chi connectivity index (χ4n) is 2.63. The highest BCUT2D eigenvalue weighted by Crippen LogP contribution is 2.33. The van der Waals surface area contributed by atoms with E-state index in [1.807, 2.05) is 19.9 Å². The van der Waals surface area contributed by atoms with Crippen molar-refractivity contribution in [3.63, 3.8) is 0 Å². The fraction of sp³-hybridized carbons (Fsp3) is 0.600. The lowest BCUT2D eigenvalue weighted by atomic mass is 9.98. The van der Waals surface area contributed by atoms with Crippen LogP contribution in [-0.2, 0) is 9.84 Å². The van der Waals surface area contributed by atoms with Crippen molar-refractivity contribution in [3.05, 3.63) is 28.8 Å². The molecule has 0 saturated carbocycles. The molecule has 3 nitrogen and oxygen atoms in total. The molecule has 0 aromatic heterocycles. The molecule has 0 radical (unpaired) electrons. The molecule has 0 fully saturated rings. The molecule has 1 unspecified atom stereocenters. The first kappa shape index (κ1) is 14.5. The minimum absolute atomic E-state index is 0.173. The monoisotopic (exact) mass is 281 g/mol. The molecule has 0 aliphatic carbocycles. The zero-order chi connectivity index (χ0) is 14.0. The number of aryl methyl sites for hydroxylation is 2. The summed E-state index contributed by atoms with van der Waals surface area (Å²) in [6, 6.07) is 4.08. The summed E-state index contributed by atoms with van der Waals surface area (Å²) in [5.74, 6) is 0.271. The average Bonchev–Trinajstić information content (AvgIpc) is 2.46. The van der Waals surface area contributed by atoms with Crippen molar-refractivity contribution in [1.82, 2.24) is 5.32 Å². The van der Waals surface area contributed by atoms with E-state index in [1.54, 1.807) is 0 Å². The standard InChI is InChI=1S/C15H23NO2S/c1-4-7-16-14-6-5-8-19(17,18)15-10-12(3)11(2)9-13(14)15/h9-10,14,16H,4-8H2,1-3H3. The predicted molar refractivity (Wildman–Crippen MR) is 78.2 cm³/mol. The Morgan fingerprint density at radius 1 is 1.26 bits per heavy atom. The lowest BCUT2D eigenvalue weighted by Crippen LogP contribution is -2.22. The van der Waals surface area contributed by atoms with Crippen LogP contribution in [0.2, 0.25) is 0 Å². The first-order valence-corrected chi connectivity index (χ1v) is 8.68. The van der Waals surface area contributed by atoms with Crippen LogP contribution in [0.4, 0.5) is 0 Å². The Bertz CT molecular complexity index is 564. The molecule has 0 amide bonds. The summed E-state index contributed by atoms with van der Waals surface area (Å²) in [5, 5.41) is 3.49. The predicted octanol–water partition coefficient (Wildman–Crippen LogP) is 2.91. The zero-order valence-corrected chi connectivity index (χ0v) is 12.8. The topological polar surface area (TPSA) is 46.2 Å². The smallest absolute Gasteiger partial charge is 0.178 e. The van der Waals surface area contributed by atoms with Crippen LogP contribution in [0.25, 0.3) is 0 Å². The Balaban J connectivity index is 2.53. The second kappa shape index (κ2) is 5.63. The van der Waals surface area contributed by atoms with Crippen LogP contribution >= 0.6 is 0 Å². The van der Waals surface area contributed by atoms with Crippen molar-refractivity contribution < 1.29 is 8.42 Å². The summed E-state index contributed by atoms with van der Waals surface area (Å²) in [6.45, 7) is 7.08. The van der Waals surface area contributed by atoms with Crippen LogP contribution in [0.1, 0.15) is 48.9 Å². The average molecular weight is 281 g/mol. The molecular weight excluding hydrogens is 258 g/mol. The van der Waals surface area contributed by atoms with Gasteiger partial charge in [0.15, 0.2) is 9.84 Å². The fourth-order valence-corrected chi connectivity index (χ4v) is 4.31. The van der Waals surface area contributed by atoms with E-state index in [9.17, 15) is 8.42 Å². The van der Waals surface area contributed by atoms with Crippen molar-refractivity contribution in [3.8, 4) is 0 Å². The van der Waals surface area contributed by atoms with Gasteiger partial charge in [0.05, 0.1) is 10.6 Å². The zero-order valence-electron chi connectivity index (χ0n) is 12.0. The highest BCUT2D eigenvalue weighted by Gasteiger charge is 2.27. The van der Waals surface area contributed by atoms with E-state index in [0.29, 0.717) is 4.90 Å². The van der Waals surface area contributed by atoms with E-state index in [1.165, 1.54) is 5.56 Å². The van der Waals surface area contributed by atoms with Crippen LogP contribution in [0.5, 0.6) is 0 Å². The van der Waals surface area contributed by atoms with Gasteiger partial charge in [0.2, 0.25) is 0 Å². The van der Waals surface area contributed by atoms with Gasteiger partial charge in [-0.15, -0.1) is 0 Å². The van der Waals surface area contributed by atoms with E-state index >= 15 is 0 Å². The summed E-state index contributed by atoms with van der Waals surface area (Å²) >= 11 is 0. The van der Waals surface area contributed by atoms with E-state index in [2.05, 4.69) is 18.3 Å². The third-order valence-electron chi connectivity index (χ3n) is 3.88. The Kier molecular flexibility index (Phi) is 4.31. The summed E-state index contributed by atoms with van der Waals surface area (Å²) < 4.78 is 24.7. The van der Waals surface area contributed by atoms with Gasteiger partial charge in [0, 0.05) is 6.04 Å². The normalized spacial score (nSPS) is 21.7. The lowest BCUT2D eigenvalue weighted by molar-refractivity contribution is 0.493. The number of sulfone groups is 1. The third-order valence-corrected chi connectivity index (χ3v) is 5.73. The summed E-state index contributed by atoms with van der Waals surface area (Å²) in [4.78, 5) is 0.543. The molecule has 1 heterocycles. The van der Waals surface area contributed by atoms with E-state index in [0.717, 1.165) is 36.9 Å². The maximum atomic E-state index is 12.3. The first-order chi connectivity index (χ1) is 8.95. The van der Waals surface area contributed by atoms with Crippen LogP contribution < -0.4 is 5.32 Å². The van der Waals surface area contributed by atoms with Crippen LogP contribution in [-0.4, -0.2) is 20.7 Å². The van der Waals surface area contributed by atoms with Crippen molar-refractivity contribution in [2.45, 2.75) is 51.0 Å². The van der Waals surface area contributed by atoms with Crippen LogP contribution in [0.3, 0.4) is 0 Å². The van der Waals surface area contributed by atoms with Crippen LogP contribution in [0, 0.1) is 13.8 Å². The summed E-state index contributed by atoms with van der Waals surface area (Å²) in [6.07, 6.45) is 2.69. The molecule has 0 bridgehead atoms.